The SMILES string of the molecule is c1ccc(C23CC(C45CC(C4)C5)(C2)C3)cc1. The maximum Gasteiger partial charge on any atom is -0.00305 e. The van der Waals surface area contributed by atoms with Crippen molar-refractivity contribution in [1.82, 2.24) is 0 Å². The van der Waals surface area contributed by atoms with Gasteiger partial charge in [0.25, 0.3) is 0 Å². The van der Waals surface area contributed by atoms with Gasteiger partial charge in [0.05, 0.1) is 0 Å². The fraction of sp³-hybridized carbons (Fsp3) is 0.625. The van der Waals surface area contributed by atoms with Crippen LogP contribution in [-0.4, -0.2) is 0 Å². The Morgan fingerprint density at radius 3 is 1.94 bits per heavy atom. The van der Waals surface area contributed by atoms with Gasteiger partial charge in [-0.25, -0.2) is 0 Å². The minimum Gasteiger partial charge on any atom is -0.0622 e. The first-order valence-corrected chi connectivity index (χ1v) is 6.82. The minimum atomic E-state index is 0.636. The third-order valence-electron chi connectivity index (χ3n) is 6.58. The largest absolute Gasteiger partial charge is 0.0622 e. The van der Waals surface area contributed by atoms with Gasteiger partial charge in [-0.2, -0.15) is 0 Å². The lowest BCUT2D eigenvalue weighted by Gasteiger charge is -2.85. The summed E-state index contributed by atoms with van der Waals surface area (Å²) >= 11 is 0. The summed E-state index contributed by atoms with van der Waals surface area (Å²) in [6.07, 6.45) is 9.36. The second-order valence-corrected chi connectivity index (χ2v) is 7.22. The van der Waals surface area contributed by atoms with Gasteiger partial charge in [-0.05, 0) is 66.3 Å². The standard InChI is InChI=1S/C16H18/c1-2-4-13(5-3-1)14-9-16(10-14,11-14)15-6-12(7-15)8-15/h1-5,12H,6-11H2. The molecule has 6 aliphatic carbocycles. The zero-order valence-corrected chi connectivity index (χ0v) is 9.71. The molecule has 1 aromatic rings. The normalized spacial score (nSPS) is 55.4. The van der Waals surface area contributed by atoms with Crippen LogP contribution in [0.3, 0.4) is 0 Å². The number of rotatable bonds is 2. The molecule has 6 aliphatic rings. The molecule has 0 amide bonds. The van der Waals surface area contributed by atoms with Crippen molar-refractivity contribution in [3.8, 4) is 0 Å². The molecule has 0 nitrogen and oxygen atoms in total. The van der Waals surface area contributed by atoms with Crippen LogP contribution >= 0.6 is 0 Å². The summed E-state index contributed by atoms with van der Waals surface area (Å²) in [4.78, 5) is 0. The Morgan fingerprint density at radius 2 is 1.44 bits per heavy atom. The summed E-state index contributed by atoms with van der Waals surface area (Å²) in [6, 6.07) is 11.3. The molecule has 0 unspecified atom stereocenters. The van der Waals surface area contributed by atoms with Gasteiger partial charge < -0.3 is 0 Å². The van der Waals surface area contributed by atoms with Crippen molar-refractivity contribution >= 4 is 0 Å². The number of hydrogen-bond donors (Lipinski definition) is 0. The zero-order chi connectivity index (χ0) is 10.4. The van der Waals surface area contributed by atoms with E-state index in [9.17, 15) is 0 Å². The molecule has 0 N–H and O–H groups in total. The quantitative estimate of drug-likeness (QED) is 0.694. The van der Waals surface area contributed by atoms with Crippen LogP contribution in [0.5, 0.6) is 0 Å². The van der Waals surface area contributed by atoms with Gasteiger partial charge in [0.1, 0.15) is 0 Å². The van der Waals surface area contributed by atoms with E-state index in [1.54, 1.807) is 24.8 Å². The molecule has 0 aromatic heterocycles. The van der Waals surface area contributed by atoms with Gasteiger partial charge in [-0.15, -0.1) is 0 Å². The lowest BCUT2D eigenvalue weighted by molar-refractivity contribution is -0.322. The maximum absolute atomic E-state index is 2.35. The molecular formula is C16H18. The molecule has 0 radical (unpaired) electrons. The van der Waals surface area contributed by atoms with Crippen molar-refractivity contribution in [1.29, 1.82) is 0 Å². The Hall–Kier alpha value is -0.780. The fourth-order valence-electron chi connectivity index (χ4n) is 5.58. The van der Waals surface area contributed by atoms with Gasteiger partial charge in [0, 0.05) is 0 Å². The van der Waals surface area contributed by atoms with Crippen molar-refractivity contribution in [2.45, 2.75) is 43.9 Å². The summed E-state index contributed by atoms with van der Waals surface area (Å²) in [5, 5.41) is 0. The van der Waals surface area contributed by atoms with Crippen molar-refractivity contribution in [2.24, 2.45) is 16.7 Å². The van der Waals surface area contributed by atoms with Gasteiger partial charge >= 0.3 is 0 Å². The lowest BCUT2D eigenvalue weighted by Crippen LogP contribution is -2.77. The van der Waals surface area contributed by atoms with Crippen LogP contribution in [0, 0.1) is 16.7 Å². The molecule has 4 bridgehead atoms. The van der Waals surface area contributed by atoms with Crippen LogP contribution in [-0.2, 0) is 5.41 Å². The molecule has 0 aliphatic heterocycles. The summed E-state index contributed by atoms with van der Waals surface area (Å²) in [5.41, 5.74) is 3.96. The molecule has 0 heteroatoms. The topological polar surface area (TPSA) is 0 Å². The lowest BCUT2D eigenvalue weighted by atomic mass is 9.19. The third kappa shape index (κ3) is 0.647. The predicted molar refractivity (Wildman–Crippen MR) is 64.2 cm³/mol. The van der Waals surface area contributed by atoms with E-state index in [0.29, 0.717) is 5.41 Å². The molecule has 16 heavy (non-hydrogen) atoms. The van der Waals surface area contributed by atoms with Crippen LogP contribution in [0.25, 0.3) is 0 Å². The number of hydrogen-bond acceptors (Lipinski definition) is 0. The van der Waals surface area contributed by atoms with Gasteiger partial charge in [-0.3, -0.25) is 0 Å². The summed E-state index contributed by atoms with van der Waals surface area (Å²) < 4.78 is 0. The fourth-order valence-corrected chi connectivity index (χ4v) is 5.58. The maximum atomic E-state index is 2.35. The van der Waals surface area contributed by atoms with Crippen molar-refractivity contribution in [3.63, 3.8) is 0 Å². The molecule has 0 saturated heterocycles. The minimum absolute atomic E-state index is 0.636. The highest BCUT2D eigenvalue weighted by Gasteiger charge is 2.80. The van der Waals surface area contributed by atoms with Gasteiger partial charge in [0.2, 0.25) is 0 Å². The number of benzene rings is 1. The molecule has 0 atom stereocenters. The molecule has 82 valence electrons. The van der Waals surface area contributed by atoms with E-state index in [2.05, 4.69) is 30.3 Å². The molecular weight excluding hydrogens is 192 g/mol. The third-order valence-corrected chi connectivity index (χ3v) is 6.58. The monoisotopic (exact) mass is 210 g/mol. The van der Waals surface area contributed by atoms with E-state index < -0.39 is 0 Å². The summed E-state index contributed by atoms with van der Waals surface area (Å²) in [7, 11) is 0. The zero-order valence-electron chi connectivity index (χ0n) is 9.71. The molecule has 6 fully saturated rings. The second kappa shape index (κ2) is 2.12. The molecule has 1 aromatic carbocycles. The van der Waals surface area contributed by atoms with Gasteiger partial charge in [-0.1, -0.05) is 30.3 Å². The Morgan fingerprint density at radius 1 is 0.812 bits per heavy atom. The molecule has 0 spiro atoms. The highest BCUT2D eigenvalue weighted by Crippen LogP contribution is 2.88. The van der Waals surface area contributed by atoms with Crippen LogP contribution in [0.1, 0.15) is 44.1 Å². The van der Waals surface area contributed by atoms with E-state index in [0.717, 1.165) is 16.7 Å². The summed E-state index contributed by atoms with van der Waals surface area (Å²) in [6.45, 7) is 0. The Kier molecular flexibility index (Phi) is 1.11. The highest BCUT2D eigenvalue weighted by atomic mass is 14.8. The van der Waals surface area contributed by atoms with Crippen molar-refractivity contribution < 1.29 is 0 Å². The Labute approximate surface area is 97.1 Å². The first-order chi connectivity index (χ1) is 7.76. The molecule has 6 saturated carbocycles. The van der Waals surface area contributed by atoms with Crippen LogP contribution in [0.2, 0.25) is 0 Å². The summed E-state index contributed by atoms with van der Waals surface area (Å²) in [5.74, 6) is 1.15. The average Bonchev–Trinajstić information content (AvgIpc) is 2.04. The van der Waals surface area contributed by atoms with Crippen molar-refractivity contribution in [2.75, 3.05) is 0 Å². The van der Waals surface area contributed by atoms with E-state index in [1.807, 2.05) is 0 Å². The molecule has 7 rings (SSSR count). The molecule has 0 heterocycles. The van der Waals surface area contributed by atoms with E-state index in [-0.39, 0.29) is 0 Å². The Balaban J connectivity index is 1.44. The average molecular weight is 210 g/mol. The predicted octanol–water partition coefficient (Wildman–Crippen LogP) is 3.91. The van der Waals surface area contributed by atoms with E-state index >= 15 is 0 Å². The second-order valence-electron chi connectivity index (χ2n) is 7.22. The first-order valence-electron chi connectivity index (χ1n) is 6.82. The first kappa shape index (κ1) is 8.33. The highest BCUT2D eigenvalue weighted by molar-refractivity contribution is 5.42. The smallest absolute Gasteiger partial charge is 0.00305 e. The van der Waals surface area contributed by atoms with Crippen molar-refractivity contribution in [3.05, 3.63) is 35.9 Å². The van der Waals surface area contributed by atoms with Crippen LogP contribution in [0.4, 0.5) is 0 Å². The van der Waals surface area contributed by atoms with E-state index in [1.165, 1.54) is 19.3 Å². The van der Waals surface area contributed by atoms with Crippen LogP contribution < -0.4 is 0 Å². The van der Waals surface area contributed by atoms with Crippen LogP contribution in [0.15, 0.2) is 30.3 Å². The van der Waals surface area contributed by atoms with E-state index in [4.69, 9.17) is 0 Å². The van der Waals surface area contributed by atoms with Gasteiger partial charge in [0.15, 0.2) is 0 Å². The Bertz CT molecular complexity index is 433.